The maximum atomic E-state index is 11.1. The van der Waals surface area contributed by atoms with Crippen molar-refractivity contribution in [1.82, 2.24) is 9.80 Å². The number of hydrogen-bond donors (Lipinski definition) is 1. The molecule has 0 saturated carbocycles. The number of nitrogens with zero attached hydrogens (tertiary/aromatic N) is 2. The Bertz CT molecular complexity index is 667. The van der Waals surface area contributed by atoms with Crippen LogP contribution in [-0.4, -0.2) is 48.4 Å². The summed E-state index contributed by atoms with van der Waals surface area (Å²) in [5.74, 6) is -0.263. The van der Waals surface area contributed by atoms with E-state index in [0.29, 0.717) is 6.54 Å². The number of benzene rings is 2. The average Bonchev–Trinajstić information content (AvgIpc) is 2.59. The molecule has 0 bridgehead atoms. The second-order valence-corrected chi connectivity index (χ2v) is 6.58. The first kappa shape index (κ1) is 17.0. The summed E-state index contributed by atoms with van der Waals surface area (Å²) in [6, 6.07) is 18.8. The van der Waals surface area contributed by atoms with Crippen LogP contribution in [0.3, 0.4) is 0 Å². The third kappa shape index (κ3) is 4.15. The molecule has 4 nitrogen and oxygen atoms in total. The highest BCUT2D eigenvalue weighted by atomic mass is 35.5. The number of rotatable bonds is 5. The molecule has 1 aliphatic heterocycles. The van der Waals surface area contributed by atoms with E-state index in [0.717, 1.165) is 31.2 Å². The Morgan fingerprint density at radius 3 is 2.12 bits per heavy atom. The number of hydrogen-bond acceptors (Lipinski definition) is 3. The first-order valence-electron chi connectivity index (χ1n) is 8.18. The van der Waals surface area contributed by atoms with Crippen LogP contribution in [0.4, 0.5) is 0 Å². The van der Waals surface area contributed by atoms with Crippen molar-refractivity contribution >= 4 is 17.5 Å². The van der Waals surface area contributed by atoms with Crippen molar-refractivity contribution in [2.45, 2.75) is 6.04 Å². The van der Waals surface area contributed by atoms with Gasteiger partial charge in [0.25, 0.3) is 0 Å². The molecule has 1 amide bonds. The minimum atomic E-state index is -0.263. The first-order valence-corrected chi connectivity index (χ1v) is 8.56. The molecule has 3 rings (SSSR count). The molecular formula is C19H22ClN3O. The van der Waals surface area contributed by atoms with Crippen molar-refractivity contribution < 1.29 is 4.79 Å². The third-order valence-corrected chi connectivity index (χ3v) is 4.70. The number of halogens is 1. The van der Waals surface area contributed by atoms with Gasteiger partial charge in [0, 0.05) is 31.2 Å². The number of carbonyl (C=O) groups is 1. The average molecular weight is 344 g/mol. The van der Waals surface area contributed by atoms with Gasteiger partial charge in [0.05, 0.1) is 12.6 Å². The normalized spacial score (nSPS) is 17.5. The molecule has 1 heterocycles. The Balaban J connectivity index is 1.81. The summed E-state index contributed by atoms with van der Waals surface area (Å²) in [6.07, 6.45) is 0. The van der Waals surface area contributed by atoms with Gasteiger partial charge in [-0.2, -0.15) is 0 Å². The minimum absolute atomic E-state index is 0.194. The van der Waals surface area contributed by atoms with E-state index in [4.69, 9.17) is 17.3 Å². The summed E-state index contributed by atoms with van der Waals surface area (Å²) >= 11 is 6.05. The van der Waals surface area contributed by atoms with Crippen LogP contribution in [0, 0.1) is 0 Å². The third-order valence-electron chi connectivity index (χ3n) is 4.45. The molecule has 0 spiro atoms. The largest absolute Gasteiger partial charge is 0.369 e. The van der Waals surface area contributed by atoms with E-state index in [-0.39, 0.29) is 11.9 Å². The molecule has 0 radical (unpaired) electrons. The van der Waals surface area contributed by atoms with Crippen LogP contribution < -0.4 is 5.73 Å². The molecule has 1 fully saturated rings. The quantitative estimate of drug-likeness (QED) is 0.907. The zero-order valence-electron chi connectivity index (χ0n) is 13.6. The predicted octanol–water partition coefficient (Wildman–Crippen LogP) is 2.53. The minimum Gasteiger partial charge on any atom is -0.369 e. The molecule has 1 unspecified atom stereocenters. The first-order chi connectivity index (χ1) is 11.6. The van der Waals surface area contributed by atoms with Crippen molar-refractivity contribution in [1.29, 1.82) is 0 Å². The monoisotopic (exact) mass is 343 g/mol. The summed E-state index contributed by atoms with van der Waals surface area (Å²) < 4.78 is 0. The predicted molar refractivity (Wildman–Crippen MR) is 96.9 cm³/mol. The topological polar surface area (TPSA) is 49.6 Å². The van der Waals surface area contributed by atoms with E-state index < -0.39 is 0 Å². The van der Waals surface area contributed by atoms with Crippen LogP contribution in [0.25, 0.3) is 0 Å². The Morgan fingerprint density at radius 1 is 0.958 bits per heavy atom. The smallest absolute Gasteiger partial charge is 0.231 e. The van der Waals surface area contributed by atoms with Crippen LogP contribution in [-0.2, 0) is 4.79 Å². The van der Waals surface area contributed by atoms with E-state index >= 15 is 0 Å². The second-order valence-electron chi connectivity index (χ2n) is 6.14. The van der Waals surface area contributed by atoms with Gasteiger partial charge in [-0.05, 0) is 23.3 Å². The Labute approximate surface area is 147 Å². The zero-order chi connectivity index (χ0) is 16.9. The summed E-state index contributed by atoms with van der Waals surface area (Å²) in [5, 5.41) is 0.747. The van der Waals surface area contributed by atoms with Crippen LogP contribution in [0.15, 0.2) is 54.6 Å². The van der Waals surface area contributed by atoms with Gasteiger partial charge in [-0.15, -0.1) is 0 Å². The lowest BCUT2D eigenvalue weighted by molar-refractivity contribution is -0.119. The lowest BCUT2D eigenvalue weighted by atomic mass is 9.96. The highest BCUT2D eigenvalue weighted by Gasteiger charge is 2.26. The number of amides is 1. The summed E-state index contributed by atoms with van der Waals surface area (Å²) in [7, 11) is 0. The molecule has 1 saturated heterocycles. The standard InChI is InChI=1S/C19H22ClN3O/c20-17-8-6-16(7-9-17)19(15-4-2-1-3-5-15)23-12-10-22(11-13-23)14-18(21)24/h1-9,19H,10-14H2,(H2,21,24). The van der Waals surface area contributed by atoms with Gasteiger partial charge in [0.1, 0.15) is 0 Å². The van der Waals surface area contributed by atoms with Crippen molar-refractivity contribution in [2.24, 2.45) is 5.73 Å². The number of piperazine rings is 1. The Kier molecular flexibility index (Phi) is 5.51. The van der Waals surface area contributed by atoms with Crippen LogP contribution >= 0.6 is 11.6 Å². The molecule has 1 aliphatic rings. The molecule has 2 aromatic rings. The molecule has 2 N–H and O–H groups in total. The highest BCUT2D eigenvalue weighted by Crippen LogP contribution is 2.30. The summed E-state index contributed by atoms with van der Waals surface area (Å²) in [5.41, 5.74) is 7.80. The van der Waals surface area contributed by atoms with E-state index in [1.54, 1.807) is 0 Å². The SMILES string of the molecule is NC(=O)CN1CCN(C(c2ccccc2)c2ccc(Cl)cc2)CC1. The van der Waals surface area contributed by atoms with E-state index in [2.05, 4.69) is 46.2 Å². The van der Waals surface area contributed by atoms with Crippen molar-refractivity contribution in [3.05, 3.63) is 70.7 Å². The second kappa shape index (κ2) is 7.79. The zero-order valence-corrected chi connectivity index (χ0v) is 14.3. The molecule has 0 aliphatic carbocycles. The van der Waals surface area contributed by atoms with Gasteiger partial charge in [0.2, 0.25) is 5.91 Å². The lowest BCUT2D eigenvalue weighted by Crippen LogP contribution is -2.49. The van der Waals surface area contributed by atoms with Crippen molar-refractivity contribution in [3.8, 4) is 0 Å². The van der Waals surface area contributed by atoms with Gasteiger partial charge >= 0.3 is 0 Å². The Morgan fingerprint density at radius 2 is 1.54 bits per heavy atom. The van der Waals surface area contributed by atoms with Crippen LogP contribution in [0.1, 0.15) is 17.2 Å². The lowest BCUT2D eigenvalue weighted by Gasteiger charge is -2.39. The molecule has 126 valence electrons. The van der Waals surface area contributed by atoms with Gasteiger partial charge in [-0.1, -0.05) is 54.1 Å². The fourth-order valence-corrected chi connectivity index (χ4v) is 3.42. The fraction of sp³-hybridized carbons (Fsp3) is 0.316. The van der Waals surface area contributed by atoms with E-state index in [1.807, 2.05) is 18.2 Å². The molecule has 1 atom stereocenters. The maximum Gasteiger partial charge on any atom is 0.231 e. The summed E-state index contributed by atoms with van der Waals surface area (Å²) in [6.45, 7) is 3.83. The van der Waals surface area contributed by atoms with Gasteiger partial charge in [-0.25, -0.2) is 0 Å². The van der Waals surface area contributed by atoms with Gasteiger partial charge in [-0.3, -0.25) is 14.6 Å². The molecule has 24 heavy (non-hydrogen) atoms. The van der Waals surface area contributed by atoms with Crippen LogP contribution in [0.2, 0.25) is 5.02 Å². The number of carbonyl (C=O) groups excluding carboxylic acids is 1. The van der Waals surface area contributed by atoms with Gasteiger partial charge < -0.3 is 5.73 Å². The number of primary amides is 1. The van der Waals surface area contributed by atoms with Crippen LogP contribution in [0.5, 0.6) is 0 Å². The van der Waals surface area contributed by atoms with E-state index in [1.165, 1.54) is 11.1 Å². The molecule has 2 aromatic carbocycles. The maximum absolute atomic E-state index is 11.1. The molecule has 5 heteroatoms. The number of nitrogens with two attached hydrogens (primary N) is 1. The van der Waals surface area contributed by atoms with Gasteiger partial charge in [0.15, 0.2) is 0 Å². The van der Waals surface area contributed by atoms with Crippen molar-refractivity contribution in [2.75, 3.05) is 32.7 Å². The van der Waals surface area contributed by atoms with E-state index in [9.17, 15) is 4.79 Å². The highest BCUT2D eigenvalue weighted by molar-refractivity contribution is 6.30. The molecule has 0 aromatic heterocycles. The Hall–Kier alpha value is -1.88. The summed E-state index contributed by atoms with van der Waals surface area (Å²) in [4.78, 5) is 15.7. The fourth-order valence-electron chi connectivity index (χ4n) is 3.29. The molecular weight excluding hydrogens is 322 g/mol. The van der Waals surface area contributed by atoms with Crippen molar-refractivity contribution in [3.63, 3.8) is 0 Å².